The van der Waals surface area contributed by atoms with E-state index >= 15 is 0 Å². The Balaban J connectivity index is 2.57. The van der Waals surface area contributed by atoms with Crippen molar-refractivity contribution in [1.82, 2.24) is 9.78 Å². The van der Waals surface area contributed by atoms with E-state index in [1.165, 1.54) is 0 Å². The summed E-state index contributed by atoms with van der Waals surface area (Å²) in [7, 11) is -1.62. The van der Waals surface area contributed by atoms with Gasteiger partial charge in [0.15, 0.2) is 0 Å². The van der Waals surface area contributed by atoms with Crippen molar-refractivity contribution < 1.29 is 19.6 Å². The number of carbonyl (C=O) groups is 1. The second-order valence-electron chi connectivity index (χ2n) is 5.59. The predicted molar refractivity (Wildman–Crippen MR) is 75.9 cm³/mol. The van der Waals surface area contributed by atoms with Crippen LogP contribution in [-0.2, 0) is 4.74 Å². The number of rotatable bonds is 1. The molecular formula is C13H17BN2O4. The number of aryl methyl sites for hydroxylation is 1. The second kappa shape index (κ2) is 4.92. The van der Waals surface area contributed by atoms with Crippen LogP contribution in [0.3, 0.4) is 0 Å². The van der Waals surface area contributed by atoms with E-state index in [0.29, 0.717) is 22.1 Å². The fourth-order valence-electron chi connectivity index (χ4n) is 2.04. The van der Waals surface area contributed by atoms with E-state index in [1.807, 2.05) is 0 Å². The maximum absolute atomic E-state index is 12.1. The molecule has 6 nitrogen and oxygen atoms in total. The lowest BCUT2D eigenvalue weighted by atomic mass is 9.77. The van der Waals surface area contributed by atoms with Crippen molar-refractivity contribution in [2.75, 3.05) is 0 Å². The third-order valence-corrected chi connectivity index (χ3v) is 2.76. The molecule has 0 saturated carbocycles. The monoisotopic (exact) mass is 276 g/mol. The van der Waals surface area contributed by atoms with Crippen molar-refractivity contribution in [2.45, 2.75) is 33.3 Å². The van der Waals surface area contributed by atoms with Gasteiger partial charge < -0.3 is 14.8 Å². The van der Waals surface area contributed by atoms with Crippen LogP contribution < -0.4 is 5.46 Å². The molecule has 7 heteroatoms. The number of ether oxygens (including phenoxy) is 1. The first kappa shape index (κ1) is 14.6. The lowest BCUT2D eigenvalue weighted by Crippen LogP contribution is -2.31. The third kappa shape index (κ3) is 2.68. The molecule has 0 unspecified atom stereocenters. The number of nitrogens with zero attached hydrogens (tertiary/aromatic N) is 2. The highest BCUT2D eigenvalue weighted by atomic mass is 16.6. The average molecular weight is 276 g/mol. The molecule has 20 heavy (non-hydrogen) atoms. The largest absolute Gasteiger partial charge is 0.489 e. The molecule has 0 spiro atoms. The van der Waals surface area contributed by atoms with Crippen LogP contribution in [0.15, 0.2) is 18.2 Å². The molecule has 0 amide bonds. The van der Waals surface area contributed by atoms with E-state index < -0.39 is 18.8 Å². The number of fused-ring (bicyclic) bond motifs is 1. The molecule has 2 aromatic rings. The number of benzene rings is 1. The summed E-state index contributed by atoms with van der Waals surface area (Å²) in [6.45, 7) is 7.01. The van der Waals surface area contributed by atoms with Crippen LogP contribution >= 0.6 is 0 Å². The van der Waals surface area contributed by atoms with Gasteiger partial charge in [0, 0.05) is 5.39 Å². The summed E-state index contributed by atoms with van der Waals surface area (Å²) >= 11 is 0. The first-order valence-corrected chi connectivity index (χ1v) is 6.28. The lowest BCUT2D eigenvalue weighted by molar-refractivity contribution is 0.0522. The molecule has 1 aromatic heterocycles. The molecule has 0 saturated heterocycles. The van der Waals surface area contributed by atoms with E-state index in [2.05, 4.69) is 5.10 Å². The summed E-state index contributed by atoms with van der Waals surface area (Å²) in [5.74, 6) is 0. The van der Waals surface area contributed by atoms with Crippen LogP contribution in [0.1, 0.15) is 26.5 Å². The molecule has 0 radical (unpaired) electrons. The van der Waals surface area contributed by atoms with E-state index in [-0.39, 0.29) is 0 Å². The molecule has 106 valence electrons. The van der Waals surface area contributed by atoms with Gasteiger partial charge in [-0.25, -0.2) is 4.79 Å². The summed E-state index contributed by atoms with van der Waals surface area (Å²) < 4.78 is 6.42. The highest BCUT2D eigenvalue weighted by molar-refractivity contribution is 6.62. The number of hydrogen-bond donors (Lipinski definition) is 2. The maximum atomic E-state index is 12.1. The second-order valence-corrected chi connectivity index (χ2v) is 5.59. The third-order valence-electron chi connectivity index (χ3n) is 2.76. The van der Waals surface area contributed by atoms with Crippen LogP contribution in [0.2, 0.25) is 0 Å². The highest BCUT2D eigenvalue weighted by Crippen LogP contribution is 2.18. The molecule has 2 N–H and O–H groups in total. The zero-order valence-corrected chi connectivity index (χ0v) is 11.9. The van der Waals surface area contributed by atoms with Gasteiger partial charge in [0.05, 0.1) is 11.2 Å². The fourth-order valence-corrected chi connectivity index (χ4v) is 2.04. The van der Waals surface area contributed by atoms with E-state index in [4.69, 9.17) is 4.74 Å². The van der Waals surface area contributed by atoms with Gasteiger partial charge in [-0.3, -0.25) is 0 Å². The molecule has 0 aliphatic heterocycles. The van der Waals surface area contributed by atoms with Crippen molar-refractivity contribution in [1.29, 1.82) is 0 Å². The summed E-state index contributed by atoms with van der Waals surface area (Å²) in [5.41, 5.74) is 0.712. The van der Waals surface area contributed by atoms with Crippen molar-refractivity contribution in [3.8, 4) is 0 Å². The summed E-state index contributed by atoms with van der Waals surface area (Å²) in [4.78, 5) is 12.1. The van der Waals surface area contributed by atoms with Gasteiger partial charge in [-0.05, 0) is 39.2 Å². The smallest absolute Gasteiger partial charge is 0.442 e. The average Bonchev–Trinajstić information content (AvgIpc) is 2.65. The Morgan fingerprint density at radius 1 is 1.35 bits per heavy atom. The van der Waals surface area contributed by atoms with Gasteiger partial charge in [0.1, 0.15) is 5.60 Å². The van der Waals surface area contributed by atoms with Crippen LogP contribution in [0.4, 0.5) is 4.79 Å². The van der Waals surface area contributed by atoms with Crippen LogP contribution in [0.5, 0.6) is 0 Å². The highest BCUT2D eigenvalue weighted by Gasteiger charge is 2.24. The van der Waals surface area contributed by atoms with Gasteiger partial charge >= 0.3 is 13.2 Å². The number of aromatic nitrogens is 2. The minimum atomic E-state index is -1.62. The van der Waals surface area contributed by atoms with Crippen molar-refractivity contribution in [2.24, 2.45) is 0 Å². The quantitative estimate of drug-likeness (QED) is 0.753. The maximum Gasteiger partial charge on any atom is 0.489 e. The molecule has 0 aliphatic rings. The molecule has 1 heterocycles. The van der Waals surface area contributed by atoms with Crippen molar-refractivity contribution >= 4 is 29.6 Å². The topological polar surface area (TPSA) is 84.6 Å². The first-order valence-electron chi connectivity index (χ1n) is 6.28. The molecule has 1 aromatic carbocycles. The van der Waals surface area contributed by atoms with Gasteiger partial charge in [0.2, 0.25) is 0 Å². The Morgan fingerprint density at radius 2 is 2.00 bits per heavy atom. The van der Waals surface area contributed by atoms with Crippen LogP contribution in [0.25, 0.3) is 10.9 Å². The van der Waals surface area contributed by atoms with Gasteiger partial charge in [-0.2, -0.15) is 9.78 Å². The molecule has 0 fully saturated rings. The zero-order chi connectivity index (χ0) is 15.1. The Labute approximate surface area is 117 Å². The summed E-state index contributed by atoms with van der Waals surface area (Å²) in [6.07, 6.45) is -0.597. The normalized spacial score (nSPS) is 11.7. The standard InChI is InChI=1S/C13H17BN2O4/c1-8-11-9(14(18)19)6-5-7-10(11)16(15-8)12(17)20-13(2,3)4/h5-7,18-19H,1-4H3. The Kier molecular flexibility index (Phi) is 3.58. The van der Waals surface area contributed by atoms with E-state index in [9.17, 15) is 14.8 Å². The lowest BCUT2D eigenvalue weighted by Gasteiger charge is -2.19. The summed E-state index contributed by atoms with van der Waals surface area (Å²) in [5, 5.41) is 23.5. The van der Waals surface area contributed by atoms with Gasteiger partial charge in [-0.1, -0.05) is 12.1 Å². The molecule has 2 rings (SSSR count). The fraction of sp³-hybridized carbons (Fsp3) is 0.385. The Bertz CT molecular complexity index is 658. The minimum Gasteiger partial charge on any atom is -0.442 e. The molecule has 0 aliphatic carbocycles. The minimum absolute atomic E-state index is 0.315. The molecule has 0 bridgehead atoms. The van der Waals surface area contributed by atoms with Crippen LogP contribution in [-0.4, -0.2) is 38.6 Å². The molecule has 0 atom stereocenters. The zero-order valence-electron chi connectivity index (χ0n) is 11.9. The van der Waals surface area contributed by atoms with Crippen molar-refractivity contribution in [3.05, 3.63) is 23.9 Å². The van der Waals surface area contributed by atoms with Crippen molar-refractivity contribution in [3.63, 3.8) is 0 Å². The molecular weight excluding hydrogens is 259 g/mol. The Morgan fingerprint density at radius 3 is 2.55 bits per heavy atom. The van der Waals surface area contributed by atoms with E-state index in [0.717, 1.165) is 4.68 Å². The number of carbonyl (C=O) groups excluding carboxylic acids is 1. The SMILES string of the molecule is Cc1nn(C(=O)OC(C)(C)C)c2cccc(B(O)O)c12. The van der Waals surface area contributed by atoms with E-state index in [1.54, 1.807) is 45.9 Å². The van der Waals surface area contributed by atoms with Crippen LogP contribution in [0, 0.1) is 6.92 Å². The number of hydrogen-bond acceptors (Lipinski definition) is 5. The van der Waals surface area contributed by atoms with Gasteiger partial charge in [0.25, 0.3) is 0 Å². The van der Waals surface area contributed by atoms with Gasteiger partial charge in [-0.15, -0.1) is 0 Å². The first-order chi connectivity index (χ1) is 9.20. The Hall–Kier alpha value is -1.86. The summed E-state index contributed by atoms with van der Waals surface area (Å²) in [6, 6.07) is 4.91. The predicted octanol–water partition coefficient (Wildman–Crippen LogP) is 0.808.